The van der Waals surface area contributed by atoms with Crippen LogP contribution in [0.3, 0.4) is 0 Å². The Morgan fingerprint density at radius 2 is 1.92 bits per heavy atom. The number of hydrogen-bond donors (Lipinski definition) is 1. The summed E-state index contributed by atoms with van der Waals surface area (Å²) in [6, 6.07) is 6.54. The van der Waals surface area contributed by atoms with Crippen molar-refractivity contribution in [1.82, 2.24) is 5.32 Å². The molecule has 1 heterocycles. The first-order chi connectivity index (χ1) is 11.6. The molecule has 1 aliphatic rings. The Hall–Kier alpha value is -2.28. The lowest BCUT2D eigenvalue weighted by Crippen LogP contribution is -2.18. The minimum atomic E-state index is 0.546. The summed E-state index contributed by atoms with van der Waals surface area (Å²) in [5.41, 5.74) is 7.37. The summed E-state index contributed by atoms with van der Waals surface area (Å²) in [5, 5.41) is 3.50. The first kappa shape index (κ1) is 19.8. The Bertz CT molecular complexity index is 669. The number of nitrogens with one attached hydrogen (secondary N) is 1. The molecule has 2 rings (SSSR count). The van der Waals surface area contributed by atoms with Crippen molar-refractivity contribution in [1.29, 1.82) is 0 Å². The van der Waals surface area contributed by atoms with Gasteiger partial charge in [-0.1, -0.05) is 77.3 Å². The minimum Gasteiger partial charge on any atom is -0.381 e. The zero-order chi connectivity index (χ0) is 18.1. The molecule has 0 saturated carbocycles. The molecule has 1 aliphatic heterocycles. The zero-order valence-corrected chi connectivity index (χ0v) is 15.8. The van der Waals surface area contributed by atoms with Crippen molar-refractivity contribution in [2.24, 2.45) is 5.92 Å². The van der Waals surface area contributed by atoms with Crippen molar-refractivity contribution in [3.8, 4) is 0 Å². The normalized spacial score (nSPS) is 14.0. The van der Waals surface area contributed by atoms with E-state index in [0.29, 0.717) is 5.92 Å². The van der Waals surface area contributed by atoms with Gasteiger partial charge >= 0.3 is 0 Å². The Kier molecular flexibility index (Phi) is 8.05. The average molecular weight is 322 g/mol. The van der Waals surface area contributed by atoms with Crippen LogP contribution in [0.1, 0.15) is 44.4 Å². The van der Waals surface area contributed by atoms with Crippen molar-refractivity contribution in [2.45, 2.75) is 34.6 Å². The van der Waals surface area contributed by atoms with Crippen LogP contribution in [0.15, 0.2) is 67.3 Å². The molecule has 24 heavy (non-hydrogen) atoms. The van der Waals surface area contributed by atoms with Gasteiger partial charge in [-0.25, -0.2) is 0 Å². The first-order valence-corrected chi connectivity index (χ1v) is 8.79. The standard InChI is InChI=1S/C21H25N.C2H6/c1-6-8-17(7-2)19-10-9-16(5)20(13-19)21-14-18(15(3)4)11-12-22-21;1-2/h6-11,13-15,22H,1-2,12H2,3-5H3;1-2H3/b17-8+;. The summed E-state index contributed by atoms with van der Waals surface area (Å²) >= 11 is 0. The van der Waals surface area contributed by atoms with Gasteiger partial charge in [0.1, 0.15) is 0 Å². The highest BCUT2D eigenvalue weighted by molar-refractivity contribution is 5.79. The van der Waals surface area contributed by atoms with Crippen LogP contribution in [0.25, 0.3) is 11.3 Å². The molecule has 0 radical (unpaired) electrons. The summed E-state index contributed by atoms with van der Waals surface area (Å²) in [6.07, 6.45) is 10.2. The Labute approximate surface area is 148 Å². The predicted octanol–water partition coefficient (Wildman–Crippen LogP) is 6.30. The molecule has 1 aromatic carbocycles. The second-order valence-electron chi connectivity index (χ2n) is 5.89. The van der Waals surface area contributed by atoms with Gasteiger partial charge in [0.25, 0.3) is 0 Å². The molecule has 0 saturated heterocycles. The van der Waals surface area contributed by atoms with E-state index in [1.165, 1.54) is 28.0 Å². The van der Waals surface area contributed by atoms with Gasteiger partial charge in [-0.2, -0.15) is 0 Å². The topological polar surface area (TPSA) is 12.0 Å². The van der Waals surface area contributed by atoms with E-state index in [1.54, 1.807) is 6.08 Å². The van der Waals surface area contributed by atoms with Crippen LogP contribution in [0.5, 0.6) is 0 Å². The molecule has 0 fully saturated rings. The van der Waals surface area contributed by atoms with Gasteiger partial charge in [-0.3, -0.25) is 0 Å². The number of rotatable bonds is 5. The molecule has 1 nitrogen and oxygen atoms in total. The highest BCUT2D eigenvalue weighted by atomic mass is 14.9. The fourth-order valence-electron chi connectivity index (χ4n) is 2.63. The second kappa shape index (κ2) is 9.77. The molecule has 0 aromatic heterocycles. The van der Waals surface area contributed by atoms with Crippen molar-refractivity contribution >= 4 is 11.3 Å². The number of allylic oxidation sites excluding steroid dienone is 6. The Morgan fingerprint density at radius 1 is 1.21 bits per heavy atom. The van der Waals surface area contributed by atoms with Gasteiger partial charge in [-0.05, 0) is 47.3 Å². The summed E-state index contributed by atoms with van der Waals surface area (Å²) in [7, 11) is 0. The largest absolute Gasteiger partial charge is 0.381 e. The number of dihydropyridines is 1. The van der Waals surface area contributed by atoms with Crippen LogP contribution in [0, 0.1) is 12.8 Å². The van der Waals surface area contributed by atoms with Gasteiger partial charge in [-0.15, -0.1) is 0 Å². The van der Waals surface area contributed by atoms with E-state index in [-0.39, 0.29) is 0 Å². The van der Waals surface area contributed by atoms with Gasteiger partial charge in [0.05, 0.1) is 0 Å². The molecule has 0 atom stereocenters. The van der Waals surface area contributed by atoms with Gasteiger partial charge in [0.2, 0.25) is 0 Å². The van der Waals surface area contributed by atoms with Crippen LogP contribution in [-0.4, -0.2) is 6.54 Å². The van der Waals surface area contributed by atoms with Gasteiger partial charge < -0.3 is 5.32 Å². The second-order valence-corrected chi connectivity index (χ2v) is 5.89. The molecule has 1 N–H and O–H groups in total. The number of benzene rings is 1. The maximum atomic E-state index is 3.90. The summed E-state index contributed by atoms with van der Waals surface area (Å²) in [5.74, 6) is 0.546. The molecule has 1 aromatic rings. The molecule has 0 spiro atoms. The predicted molar refractivity (Wildman–Crippen MR) is 110 cm³/mol. The fourth-order valence-corrected chi connectivity index (χ4v) is 2.63. The third-order valence-corrected chi connectivity index (χ3v) is 3.99. The van der Waals surface area contributed by atoms with E-state index in [0.717, 1.165) is 12.1 Å². The van der Waals surface area contributed by atoms with E-state index in [1.807, 2.05) is 26.0 Å². The average Bonchev–Trinajstić information content (AvgIpc) is 2.62. The van der Waals surface area contributed by atoms with Crippen LogP contribution in [0.4, 0.5) is 0 Å². The van der Waals surface area contributed by atoms with Crippen LogP contribution in [0.2, 0.25) is 0 Å². The van der Waals surface area contributed by atoms with E-state index in [9.17, 15) is 0 Å². The molecule has 0 aliphatic carbocycles. The van der Waals surface area contributed by atoms with Crippen molar-refractivity contribution in [3.05, 3.63) is 84.0 Å². The maximum Gasteiger partial charge on any atom is 0.0421 e. The molecule has 128 valence electrons. The van der Waals surface area contributed by atoms with Crippen molar-refractivity contribution in [3.63, 3.8) is 0 Å². The molecular weight excluding hydrogens is 290 g/mol. The monoisotopic (exact) mass is 321 g/mol. The Balaban J connectivity index is 0.00000139. The van der Waals surface area contributed by atoms with Crippen LogP contribution < -0.4 is 5.32 Å². The molecule has 0 unspecified atom stereocenters. The molecule has 0 bridgehead atoms. The summed E-state index contributed by atoms with van der Waals surface area (Å²) < 4.78 is 0. The highest BCUT2D eigenvalue weighted by Gasteiger charge is 2.12. The van der Waals surface area contributed by atoms with E-state index in [2.05, 4.69) is 69.6 Å². The maximum absolute atomic E-state index is 3.90. The first-order valence-electron chi connectivity index (χ1n) is 8.79. The lowest BCUT2D eigenvalue weighted by Gasteiger charge is -2.20. The van der Waals surface area contributed by atoms with Crippen LogP contribution >= 0.6 is 0 Å². The zero-order valence-electron chi connectivity index (χ0n) is 15.8. The number of aryl methyl sites for hydroxylation is 1. The van der Waals surface area contributed by atoms with E-state index in [4.69, 9.17) is 0 Å². The molecule has 1 heteroatoms. The lowest BCUT2D eigenvalue weighted by molar-refractivity contribution is 0.774. The van der Waals surface area contributed by atoms with Gasteiger partial charge in [0.15, 0.2) is 0 Å². The molecule has 0 amide bonds. The summed E-state index contributed by atoms with van der Waals surface area (Å²) in [4.78, 5) is 0. The minimum absolute atomic E-state index is 0.546. The highest BCUT2D eigenvalue weighted by Crippen LogP contribution is 2.27. The van der Waals surface area contributed by atoms with Crippen molar-refractivity contribution in [2.75, 3.05) is 6.54 Å². The molecular formula is C23H31N. The third kappa shape index (κ3) is 4.86. The van der Waals surface area contributed by atoms with E-state index < -0.39 is 0 Å². The number of hydrogen-bond acceptors (Lipinski definition) is 1. The lowest BCUT2D eigenvalue weighted by atomic mass is 9.93. The van der Waals surface area contributed by atoms with E-state index >= 15 is 0 Å². The smallest absolute Gasteiger partial charge is 0.0421 e. The Morgan fingerprint density at radius 3 is 2.50 bits per heavy atom. The third-order valence-electron chi connectivity index (χ3n) is 3.99. The fraction of sp³-hybridized carbons (Fsp3) is 0.304. The quantitative estimate of drug-likeness (QED) is 0.627. The SMILES string of the molecule is C=C/C=C(\C=C)c1ccc(C)c(C2=CC(C(C)C)=CCN2)c1.CC. The summed E-state index contributed by atoms with van der Waals surface area (Å²) in [6.45, 7) is 19.2. The van der Waals surface area contributed by atoms with Gasteiger partial charge in [0, 0.05) is 17.8 Å². The van der Waals surface area contributed by atoms with Crippen molar-refractivity contribution < 1.29 is 0 Å². The van der Waals surface area contributed by atoms with Crippen LogP contribution in [-0.2, 0) is 0 Å².